The molecule has 0 bridgehead atoms. The van der Waals surface area contributed by atoms with E-state index in [9.17, 15) is 14.4 Å². The molecule has 0 aromatic carbocycles. The fourth-order valence-corrected chi connectivity index (χ4v) is 1.35. The van der Waals surface area contributed by atoms with E-state index < -0.39 is 23.8 Å². The number of nitrogens with zero attached hydrogens (tertiary/aromatic N) is 1. The summed E-state index contributed by atoms with van der Waals surface area (Å²) in [6.45, 7) is 7.52. The lowest BCUT2D eigenvalue weighted by molar-refractivity contribution is 0.0527. The molecule has 128 valence electrons. The molecular weight excluding hydrogens is 292 g/mol. The summed E-state index contributed by atoms with van der Waals surface area (Å²) < 4.78 is 9.80. The minimum absolute atomic E-state index is 0.0458. The summed E-state index contributed by atoms with van der Waals surface area (Å²) in [4.78, 5) is 35.7. The Morgan fingerprint density at radius 1 is 1.14 bits per heavy atom. The summed E-state index contributed by atoms with van der Waals surface area (Å²) in [5.74, 6) is 0. The topological polar surface area (TPSA) is 123 Å². The van der Waals surface area contributed by atoms with E-state index in [0.717, 1.165) is 4.90 Å². The first-order valence-electron chi connectivity index (χ1n) is 7.10. The molecule has 9 heteroatoms. The highest BCUT2D eigenvalue weighted by Gasteiger charge is 2.21. The minimum atomic E-state index is -0.759. The Morgan fingerprint density at radius 3 is 2.23 bits per heavy atom. The van der Waals surface area contributed by atoms with Crippen molar-refractivity contribution in [3.63, 3.8) is 0 Å². The summed E-state index contributed by atoms with van der Waals surface area (Å²) in [5.41, 5.74) is 4.76. The highest BCUT2D eigenvalue weighted by molar-refractivity contribution is 5.90. The molecule has 0 saturated carbocycles. The van der Waals surface area contributed by atoms with Gasteiger partial charge in [0, 0.05) is 26.2 Å². The molecule has 0 aromatic heterocycles. The van der Waals surface area contributed by atoms with Crippen molar-refractivity contribution < 1.29 is 23.9 Å². The van der Waals surface area contributed by atoms with Crippen LogP contribution in [-0.2, 0) is 9.47 Å². The highest BCUT2D eigenvalue weighted by atomic mass is 16.6. The second-order valence-corrected chi connectivity index (χ2v) is 5.30. The third kappa shape index (κ3) is 9.01. The molecule has 0 aromatic rings. The van der Waals surface area contributed by atoms with E-state index in [1.807, 2.05) is 0 Å². The van der Waals surface area contributed by atoms with Gasteiger partial charge in [-0.15, -0.1) is 0 Å². The molecule has 4 amide bonds. The van der Waals surface area contributed by atoms with E-state index >= 15 is 0 Å². The van der Waals surface area contributed by atoms with Gasteiger partial charge < -0.3 is 25.8 Å². The zero-order chi connectivity index (χ0) is 17.2. The number of imide groups is 1. The average Bonchev–Trinajstić information content (AvgIpc) is 2.38. The summed E-state index contributed by atoms with van der Waals surface area (Å²) in [6.07, 6.45) is -1.34. The lowest BCUT2D eigenvalue weighted by atomic mass is 10.2. The van der Waals surface area contributed by atoms with Gasteiger partial charge >= 0.3 is 18.2 Å². The van der Waals surface area contributed by atoms with Crippen molar-refractivity contribution in [3.8, 4) is 0 Å². The van der Waals surface area contributed by atoms with Gasteiger partial charge in [-0.2, -0.15) is 0 Å². The summed E-state index contributed by atoms with van der Waals surface area (Å²) in [7, 11) is 0. The molecule has 0 aliphatic rings. The summed E-state index contributed by atoms with van der Waals surface area (Å²) in [6, 6.07) is -0.630. The Bertz CT molecular complexity index is 381. The van der Waals surface area contributed by atoms with Crippen LogP contribution < -0.4 is 16.4 Å². The third-order valence-corrected chi connectivity index (χ3v) is 2.16. The van der Waals surface area contributed by atoms with Crippen molar-refractivity contribution >= 4 is 18.2 Å². The van der Waals surface area contributed by atoms with Crippen LogP contribution in [0.5, 0.6) is 0 Å². The highest BCUT2D eigenvalue weighted by Crippen LogP contribution is 2.05. The second-order valence-electron chi connectivity index (χ2n) is 5.30. The average molecular weight is 318 g/mol. The van der Waals surface area contributed by atoms with Crippen molar-refractivity contribution in [2.24, 2.45) is 5.73 Å². The maximum atomic E-state index is 11.8. The first kappa shape index (κ1) is 20.0. The van der Waals surface area contributed by atoms with E-state index in [4.69, 9.17) is 15.2 Å². The Morgan fingerprint density at radius 2 is 1.73 bits per heavy atom. The summed E-state index contributed by atoms with van der Waals surface area (Å²) in [5, 5.41) is 4.97. The van der Waals surface area contributed by atoms with Crippen molar-refractivity contribution in [1.29, 1.82) is 0 Å². The lowest BCUT2D eigenvalue weighted by Crippen LogP contribution is -2.48. The number of hydrogen-bond donors (Lipinski definition) is 3. The molecule has 0 saturated heterocycles. The molecule has 0 heterocycles. The van der Waals surface area contributed by atoms with Gasteiger partial charge in [-0.25, -0.2) is 19.3 Å². The minimum Gasteiger partial charge on any atom is -0.449 e. The number of nitrogens with two attached hydrogens (primary N) is 1. The van der Waals surface area contributed by atoms with Crippen LogP contribution in [0.3, 0.4) is 0 Å². The number of amides is 4. The van der Waals surface area contributed by atoms with Crippen LogP contribution in [0.25, 0.3) is 0 Å². The SMILES string of the molecule is CCOC(=O)N(CCN)C(=O)NCCNC(=O)OC(C)(C)C. The fraction of sp³-hybridized carbons (Fsp3) is 0.769. The predicted molar refractivity (Wildman–Crippen MR) is 80.4 cm³/mol. The van der Waals surface area contributed by atoms with Crippen LogP contribution in [-0.4, -0.2) is 61.5 Å². The number of ether oxygens (including phenoxy) is 2. The first-order valence-corrected chi connectivity index (χ1v) is 7.10. The maximum absolute atomic E-state index is 11.8. The lowest BCUT2D eigenvalue weighted by Gasteiger charge is -2.21. The van der Waals surface area contributed by atoms with Crippen LogP contribution in [0.4, 0.5) is 14.4 Å². The van der Waals surface area contributed by atoms with Crippen LogP contribution >= 0.6 is 0 Å². The largest absolute Gasteiger partial charge is 0.449 e. The molecule has 0 spiro atoms. The Balaban J connectivity index is 4.14. The molecule has 4 N–H and O–H groups in total. The van der Waals surface area contributed by atoms with Crippen molar-refractivity contribution in [2.45, 2.75) is 33.3 Å². The quantitative estimate of drug-likeness (QED) is 0.617. The van der Waals surface area contributed by atoms with Gasteiger partial charge in [-0.05, 0) is 27.7 Å². The van der Waals surface area contributed by atoms with Crippen molar-refractivity contribution in [2.75, 3.05) is 32.8 Å². The van der Waals surface area contributed by atoms with Crippen LogP contribution in [0.1, 0.15) is 27.7 Å². The molecular formula is C13H26N4O5. The van der Waals surface area contributed by atoms with Gasteiger partial charge in [0.05, 0.1) is 6.61 Å². The number of carbonyl (C=O) groups excluding carboxylic acids is 3. The first-order chi connectivity index (χ1) is 10.2. The van der Waals surface area contributed by atoms with Gasteiger partial charge in [-0.3, -0.25) is 0 Å². The smallest absolute Gasteiger partial charge is 0.418 e. The van der Waals surface area contributed by atoms with Crippen LogP contribution in [0.2, 0.25) is 0 Å². The van der Waals surface area contributed by atoms with E-state index in [-0.39, 0.29) is 32.8 Å². The third-order valence-electron chi connectivity index (χ3n) is 2.16. The van der Waals surface area contributed by atoms with E-state index in [1.165, 1.54) is 0 Å². The number of rotatable bonds is 6. The Kier molecular flexibility index (Phi) is 8.92. The van der Waals surface area contributed by atoms with Gasteiger partial charge in [0.2, 0.25) is 0 Å². The molecule has 22 heavy (non-hydrogen) atoms. The fourth-order valence-electron chi connectivity index (χ4n) is 1.35. The maximum Gasteiger partial charge on any atom is 0.418 e. The Labute approximate surface area is 130 Å². The van der Waals surface area contributed by atoms with Crippen LogP contribution in [0.15, 0.2) is 0 Å². The van der Waals surface area contributed by atoms with Gasteiger partial charge in [-0.1, -0.05) is 0 Å². The normalized spacial score (nSPS) is 10.6. The van der Waals surface area contributed by atoms with Crippen LogP contribution in [0, 0.1) is 0 Å². The van der Waals surface area contributed by atoms with E-state index in [0.29, 0.717) is 0 Å². The molecule has 0 fully saturated rings. The van der Waals surface area contributed by atoms with Gasteiger partial charge in [0.1, 0.15) is 5.60 Å². The predicted octanol–water partition coefficient (Wildman–Crippen LogP) is 0.638. The number of alkyl carbamates (subject to hydrolysis) is 1. The number of nitrogens with one attached hydrogen (secondary N) is 2. The number of hydrogen-bond acceptors (Lipinski definition) is 6. The molecule has 9 nitrogen and oxygen atoms in total. The van der Waals surface area contributed by atoms with E-state index in [1.54, 1.807) is 27.7 Å². The zero-order valence-corrected chi connectivity index (χ0v) is 13.6. The number of urea groups is 1. The number of carbonyl (C=O) groups is 3. The van der Waals surface area contributed by atoms with E-state index in [2.05, 4.69) is 10.6 Å². The summed E-state index contributed by atoms with van der Waals surface area (Å²) >= 11 is 0. The molecule has 0 aliphatic heterocycles. The van der Waals surface area contributed by atoms with Crippen molar-refractivity contribution in [1.82, 2.24) is 15.5 Å². The standard InChI is InChI=1S/C13H26N4O5/c1-5-21-12(20)17(9-6-14)10(18)15-7-8-16-11(19)22-13(2,3)4/h5-9,14H2,1-4H3,(H,15,18)(H,16,19). The molecule has 0 atom stereocenters. The molecule has 0 unspecified atom stereocenters. The zero-order valence-electron chi connectivity index (χ0n) is 13.6. The second kappa shape index (κ2) is 9.82. The molecule has 0 aliphatic carbocycles. The van der Waals surface area contributed by atoms with Crippen molar-refractivity contribution in [3.05, 3.63) is 0 Å². The van der Waals surface area contributed by atoms with Gasteiger partial charge in [0.15, 0.2) is 0 Å². The monoisotopic (exact) mass is 318 g/mol. The molecule has 0 radical (unpaired) electrons. The van der Waals surface area contributed by atoms with Gasteiger partial charge in [0.25, 0.3) is 0 Å². The Hall–Kier alpha value is -2.03. The molecule has 0 rings (SSSR count).